The zero-order chi connectivity index (χ0) is 22.3. The van der Waals surface area contributed by atoms with Gasteiger partial charge in [-0.25, -0.2) is 0 Å². The predicted molar refractivity (Wildman–Crippen MR) is 134 cm³/mol. The molecule has 0 saturated heterocycles. The molecule has 0 fully saturated rings. The molecule has 0 bridgehead atoms. The standard InChI is InChI=1S/C31H30O2/c1-3-11-25(12-4-1)23-32-21-19-31(20-22-33-24-26-13-5-2-6-14-26)29-17-9-7-15-27(29)28-16-8-10-18-30(28)31/h1-18H,19-24H2. The quantitative estimate of drug-likeness (QED) is 0.246. The summed E-state index contributed by atoms with van der Waals surface area (Å²) in [6.07, 6.45) is 1.87. The van der Waals surface area contributed by atoms with E-state index in [-0.39, 0.29) is 5.41 Å². The molecule has 0 amide bonds. The van der Waals surface area contributed by atoms with Crippen LogP contribution in [0.5, 0.6) is 0 Å². The monoisotopic (exact) mass is 434 g/mol. The van der Waals surface area contributed by atoms with E-state index >= 15 is 0 Å². The minimum atomic E-state index is -0.0967. The second-order valence-electron chi connectivity index (χ2n) is 8.75. The van der Waals surface area contributed by atoms with Crippen molar-refractivity contribution in [1.29, 1.82) is 0 Å². The Balaban J connectivity index is 1.35. The van der Waals surface area contributed by atoms with Gasteiger partial charge in [0, 0.05) is 18.6 Å². The van der Waals surface area contributed by atoms with Gasteiger partial charge in [-0.05, 0) is 46.2 Å². The summed E-state index contributed by atoms with van der Waals surface area (Å²) in [5.74, 6) is 0. The highest BCUT2D eigenvalue weighted by Gasteiger charge is 2.42. The summed E-state index contributed by atoms with van der Waals surface area (Å²) in [5, 5.41) is 0. The molecule has 0 aromatic heterocycles. The molecule has 0 atom stereocenters. The van der Waals surface area contributed by atoms with Gasteiger partial charge in [-0.3, -0.25) is 0 Å². The number of ether oxygens (including phenoxy) is 2. The third-order valence-corrected chi connectivity index (χ3v) is 6.74. The SMILES string of the molecule is c1ccc(COCCC2(CCOCc3ccccc3)c3ccccc3-c3ccccc32)cc1. The first-order valence-electron chi connectivity index (χ1n) is 11.8. The van der Waals surface area contributed by atoms with E-state index in [1.165, 1.54) is 33.4 Å². The average Bonchev–Trinajstić information content (AvgIpc) is 3.16. The Hall–Kier alpha value is -3.20. The van der Waals surface area contributed by atoms with Gasteiger partial charge in [-0.15, -0.1) is 0 Å². The van der Waals surface area contributed by atoms with Gasteiger partial charge in [0.1, 0.15) is 0 Å². The van der Waals surface area contributed by atoms with Crippen molar-refractivity contribution in [2.24, 2.45) is 0 Å². The first kappa shape index (κ1) is 21.6. The number of hydrogen-bond donors (Lipinski definition) is 0. The van der Waals surface area contributed by atoms with Crippen LogP contribution in [0.3, 0.4) is 0 Å². The van der Waals surface area contributed by atoms with Crippen molar-refractivity contribution in [2.75, 3.05) is 13.2 Å². The van der Waals surface area contributed by atoms with Gasteiger partial charge in [0.05, 0.1) is 13.2 Å². The van der Waals surface area contributed by atoms with Crippen molar-refractivity contribution < 1.29 is 9.47 Å². The van der Waals surface area contributed by atoms with E-state index in [9.17, 15) is 0 Å². The topological polar surface area (TPSA) is 18.5 Å². The number of hydrogen-bond acceptors (Lipinski definition) is 2. The second kappa shape index (κ2) is 10.2. The molecule has 1 aliphatic rings. The summed E-state index contributed by atoms with van der Waals surface area (Å²) >= 11 is 0. The first-order chi connectivity index (χ1) is 16.4. The van der Waals surface area contributed by atoms with Crippen molar-refractivity contribution in [3.63, 3.8) is 0 Å². The van der Waals surface area contributed by atoms with E-state index in [1.807, 2.05) is 12.1 Å². The van der Waals surface area contributed by atoms with Crippen molar-refractivity contribution in [3.05, 3.63) is 131 Å². The molecule has 2 nitrogen and oxygen atoms in total. The minimum absolute atomic E-state index is 0.0967. The van der Waals surface area contributed by atoms with Crippen LogP contribution in [-0.4, -0.2) is 13.2 Å². The molecule has 0 spiro atoms. The van der Waals surface area contributed by atoms with E-state index in [1.54, 1.807) is 0 Å². The largest absolute Gasteiger partial charge is 0.377 e. The zero-order valence-corrected chi connectivity index (χ0v) is 19.0. The molecular formula is C31H30O2. The second-order valence-corrected chi connectivity index (χ2v) is 8.75. The number of fused-ring (bicyclic) bond motifs is 3. The third-order valence-electron chi connectivity index (χ3n) is 6.74. The number of benzene rings is 4. The molecule has 1 aliphatic carbocycles. The molecule has 4 aromatic rings. The van der Waals surface area contributed by atoms with E-state index in [0.29, 0.717) is 26.4 Å². The lowest BCUT2D eigenvalue weighted by molar-refractivity contribution is 0.0828. The maximum absolute atomic E-state index is 6.17. The summed E-state index contributed by atoms with van der Waals surface area (Å²) in [6.45, 7) is 2.70. The molecule has 0 heterocycles. The van der Waals surface area contributed by atoms with Crippen LogP contribution in [0.2, 0.25) is 0 Å². The van der Waals surface area contributed by atoms with Crippen molar-refractivity contribution >= 4 is 0 Å². The molecule has 4 aromatic carbocycles. The molecule has 0 saturated carbocycles. The highest BCUT2D eigenvalue weighted by atomic mass is 16.5. The lowest BCUT2D eigenvalue weighted by Crippen LogP contribution is -2.29. The van der Waals surface area contributed by atoms with Gasteiger partial charge >= 0.3 is 0 Å². The summed E-state index contributed by atoms with van der Waals surface area (Å²) < 4.78 is 12.3. The molecule has 5 rings (SSSR count). The van der Waals surface area contributed by atoms with Crippen LogP contribution < -0.4 is 0 Å². The zero-order valence-electron chi connectivity index (χ0n) is 19.0. The molecule has 33 heavy (non-hydrogen) atoms. The van der Waals surface area contributed by atoms with E-state index in [0.717, 1.165) is 12.8 Å². The van der Waals surface area contributed by atoms with Crippen LogP contribution in [0.1, 0.15) is 35.1 Å². The summed E-state index contributed by atoms with van der Waals surface area (Å²) in [4.78, 5) is 0. The van der Waals surface area contributed by atoms with E-state index in [2.05, 4.69) is 97.1 Å². The van der Waals surface area contributed by atoms with Crippen molar-refractivity contribution in [2.45, 2.75) is 31.5 Å². The van der Waals surface area contributed by atoms with Crippen LogP contribution in [0.4, 0.5) is 0 Å². The van der Waals surface area contributed by atoms with Crippen LogP contribution in [0.15, 0.2) is 109 Å². The fourth-order valence-electron chi connectivity index (χ4n) is 5.10. The summed E-state index contributed by atoms with van der Waals surface area (Å²) in [7, 11) is 0. The van der Waals surface area contributed by atoms with Gasteiger partial charge in [0.15, 0.2) is 0 Å². The Morgan fingerprint density at radius 1 is 0.455 bits per heavy atom. The van der Waals surface area contributed by atoms with Crippen LogP contribution in [-0.2, 0) is 28.1 Å². The smallest absolute Gasteiger partial charge is 0.0716 e. The Labute approximate surface area is 196 Å². The Kier molecular flexibility index (Phi) is 6.66. The van der Waals surface area contributed by atoms with Crippen LogP contribution in [0, 0.1) is 0 Å². The Morgan fingerprint density at radius 2 is 0.848 bits per heavy atom. The van der Waals surface area contributed by atoms with Gasteiger partial charge in [0.2, 0.25) is 0 Å². The number of rotatable bonds is 10. The maximum Gasteiger partial charge on any atom is 0.0716 e. The van der Waals surface area contributed by atoms with Crippen molar-refractivity contribution in [1.82, 2.24) is 0 Å². The van der Waals surface area contributed by atoms with Gasteiger partial charge in [-0.2, -0.15) is 0 Å². The average molecular weight is 435 g/mol. The molecule has 2 heteroatoms. The Bertz CT molecular complexity index is 1070. The molecule has 0 N–H and O–H groups in total. The fourth-order valence-corrected chi connectivity index (χ4v) is 5.10. The fraction of sp³-hybridized carbons (Fsp3) is 0.226. The minimum Gasteiger partial charge on any atom is -0.377 e. The molecular weight excluding hydrogens is 404 g/mol. The summed E-state index contributed by atoms with van der Waals surface area (Å²) in [5.41, 5.74) is 7.82. The molecule has 0 radical (unpaired) electrons. The summed E-state index contributed by atoms with van der Waals surface area (Å²) in [6, 6.07) is 38.5. The lowest BCUT2D eigenvalue weighted by atomic mass is 9.73. The molecule has 166 valence electrons. The van der Waals surface area contributed by atoms with E-state index in [4.69, 9.17) is 9.47 Å². The van der Waals surface area contributed by atoms with Crippen molar-refractivity contribution in [3.8, 4) is 11.1 Å². The lowest BCUT2D eigenvalue weighted by Gasteiger charge is -2.32. The Morgan fingerprint density at radius 3 is 1.30 bits per heavy atom. The molecule has 0 unspecified atom stereocenters. The van der Waals surface area contributed by atoms with E-state index < -0.39 is 0 Å². The third kappa shape index (κ3) is 4.64. The van der Waals surface area contributed by atoms with Gasteiger partial charge in [0.25, 0.3) is 0 Å². The first-order valence-corrected chi connectivity index (χ1v) is 11.8. The van der Waals surface area contributed by atoms with Gasteiger partial charge < -0.3 is 9.47 Å². The van der Waals surface area contributed by atoms with Crippen LogP contribution in [0.25, 0.3) is 11.1 Å². The maximum atomic E-state index is 6.17. The highest BCUT2D eigenvalue weighted by molar-refractivity contribution is 5.81. The van der Waals surface area contributed by atoms with Gasteiger partial charge in [-0.1, -0.05) is 109 Å². The normalized spacial score (nSPS) is 13.5. The molecule has 0 aliphatic heterocycles. The predicted octanol–water partition coefficient (Wildman–Crippen LogP) is 7.17. The highest BCUT2D eigenvalue weighted by Crippen LogP contribution is 2.52. The van der Waals surface area contributed by atoms with Crippen LogP contribution >= 0.6 is 0 Å².